The van der Waals surface area contributed by atoms with Crippen LogP contribution in [0.25, 0.3) is 11.0 Å². The van der Waals surface area contributed by atoms with Crippen molar-refractivity contribution in [1.29, 1.82) is 0 Å². The van der Waals surface area contributed by atoms with Crippen molar-refractivity contribution in [3.05, 3.63) is 11.9 Å². The normalized spacial score (nSPS) is 11.5. The van der Waals surface area contributed by atoms with E-state index in [1.165, 1.54) is 0 Å². The molecule has 2 aromatic heterocycles. The summed E-state index contributed by atoms with van der Waals surface area (Å²) in [5.74, 6) is 0.109. The molecule has 0 aromatic carbocycles. The number of carbonyl (C=O) groups excluding carboxylic acids is 1. The fraction of sp³-hybridized carbons (Fsp3) is 0.615. The molecule has 0 unspecified atom stereocenters. The Hall–Kier alpha value is -1.85. The summed E-state index contributed by atoms with van der Waals surface area (Å²) in [6.07, 6.45) is 2.28. The van der Waals surface area contributed by atoms with Crippen LogP contribution in [0.5, 0.6) is 0 Å². The molecule has 0 saturated heterocycles. The van der Waals surface area contributed by atoms with Gasteiger partial charge in [0.1, 0.15) is 11.0 Å². The van der Waals surface area contributed by atoms with Gasteiger partial charge in [-0.2, -0.15) is 10.2 Å². The minimum Gasteiger partial charge on any atom is -0.349 e. The van der Waals surface area contributed by atoms with Gasteiger partial charge < -0.3 is 4.90 Å². The number of aromatic nitrogens is 4. The van der Waals surface area contributed by atoms with E-state index in [1.54, 1.807) is 19.0 Å². The van der Waals surface area contributed by atoms with Gasteiger partial charge in [-0.05, 0) is 20.8 Å². The van der Waals surface area contributed by atoms with Gasteiger partial charge in [-0.3, -0.25) is 14.2 Å². The molecule has 0 aliphatic rings. The Bertz CT molecular complexity index is 593. The smallest absolute Gasteiger partial charge is 0.223 e. The van der Waals surface area contributed by atoms with Gasteiger partial charge in [0.15, 0.2) is 0 Å². The first-order valence-electron chi connectivity index (χ1n) is 6.52. The van der Waals surface area contributed by atoms with Crippen LogP contribution in [0.3, 0.4) is 0 Å². The van der Waals surface area contributed by atoms with Crippen molar-refractivity contribution in [2.45, 2.75) is 39.8 Å². The van der Waals surface area contributed by atoms with Crippen LogP contribution in [0, 0.1) is 6.92 Å². The molecular weight excluding hydrogens is 242 g/mol. The zero-order valence-electron chi connectivity index (χ0n) is 12.2. The standard InChI is InChI=1S/C13H21N5O/c1-9(2)18-11-8-14-17(13(11)10(3)15-18)7-6-12(19)16(4)5/h8-9H,6-7H2,1-5H3. The van der Waals surface area contributed by atoms with Gasteiger partial charge in [0.2, 0.25) is 5.91 Å². The molecule has 0 spiro atoms. The highest BCUT2D eigenvalue weighted by Gasteiger charge is 2.15. The third-order valence-corrected chi connectivity index (χ3v) is 3.19. The number of nitrogens with zero attached hydrogens (tertiary/aromatic N) is 5. The lowest BCUT2D eigenvalue weighted by Gasteiger charge is -2.09. The average Bonchev–Trinajstić information content (AvgIpc) is 2.88. The molecule has 104 valence electrons. The number of hydrogen-bond acceptors (Lipinski definition) is 3. The molecule has 0 radical (unpaired) electrons. The van der Waals surface area contributed by atoms with Gasteiger partial charge in [-0.25, -0.2) is 0 Å². The van der Waals surface area contributed by atoms with Gasteiger partial charge >= 0.3 is 0 Å². The van der Waals surface area contributed by atoms with Crippen LogP contribution in [0.1, 0.15) is 32.0 Å². The third-order valence-electron chi connectivity index (χ3n) is 3.19. The molecule has 0 bridgehead atoms. The molecule has 19 heavy (non-hydrogen) atoms. The topological polar surface area (TPSA) is 56.0 Å². The van der Waals surface area contributed by atoms with E-state index in [2.05, 4.69) is 24.0 Å². The number of amides is 1. The van der Waals surface area contributed by atoms with Crippen LogP contribution >= 0.6 is 0 Å². The summed E-state index contributed by atoms with van der Waals surface area (Å²) >= 11 is 0. The largest absolute Gasteiger partial charge is 0.349 e. The molecule has 1 amide bonds. The van der Waals surface area contributed by atoms with E-state index in [1.807, 2.05) is 22.5 Å². The molecule has 0 saturated carbocycles. The van der Waals surface area contributed by atoms with Crippen LogP contribution in [0.4, 0.5) is 0 Å². The fourth-order valence-corrected chi connectivity index (χ4v) is 2.17. The number of fused-ring (bicyclic) bond motifs is 1. The Balaban J connectivity index is 2.28. The van der Waals surface area contributed by atoms with Gasteiger partial charge in [0.05, 0.1) is 18.4 Å². The Morgan fingerprint density at radius 1 is 1.42 bits per heavy atom. The maximum Gasteiger partial charge on any atom is 0.223 e. The summed E-state index contributed by atoms with van der Waals surface area (Å²) < 4.78 is 3.85. The maximum absolute atomic E-state index is 11.6. The Morgan fingerprint density at radius 2 is 2.11 bits per heavy atom. The molecule has 2 rings (SSSR count). The summed E-state index contributed by atoms with van der Waals surface area (Å²) in [4.78, 5) is 13.2. The van der Waals surface area contributed by atoms with Gasteiger partial charge in [-0.15, -0.1) is 0 Å². The van der Waals surface area contributed by atoms with Crippen LogP contribution in [-0.2, 0) is 11.3 Å². The monoisotopic (exact) mass is 263 g/mol. The molecule has 6 nitrogen and oxygen atoms in total. The van der Waals surface area contributed by atoms with Gasteiger partial charge in [0, 0.05) is 26.6 Å². The molecular formula is C13H21N5O. The van der Waals surface area contributed by atoms with Crippen LogP contribution in [-0.4, -0.2) is 44.5 Å². The highest BCUT2D eigenvalue weighted by Crippen LogP contribution is 2.21. The summed E-state index contributed by atoms with van der Waals surface area (Å²) in [5, 5.41) is 8.91. The lowest BCUT2D eigenvalue weighted by atomic mass is 10.3. The minimum absolute atomic E-state index is 0.109. The summed E-state index contributed by atoms with van der Waals surface area (Å²) in [6, 6.07) is 0.303. The van der Waals surface area contributed by atoms with Crippen LogP contribution < -0.4 is 0 Å². The summed E-state index contributed by atoms with van der Waals surface area (Å²) in [7, 11) is 3.53. The van der Waals surface area contributed by atoms with E-state index >= 15 is 0 Å². The SMILES string of the molecule is Cc1nn(C(C)C)c2cnn(CCC(=O)N(C)C)c12. The summed E-state index contributed by atoms with van der Waals surface area (Å²) in [6.45, 7) is 6.76. The molecule has 0 aliphatic heterocycles. The highest BCUT2D eigenvalue weighted by atomic mass is 16.2. The molecule has 2 aromatic rings. The Kier molecular flexibility index (Phi) is 3.59. The number of aryl methyl sites for hydroxylation is 2. The second-order valence-electron chi connectivity index (χ2n) is 5.26. The van der Waals surface area contributed by atoms with Crippen molar-refractivity contribution in [1.82, 2.24) is 24.5 Å². The fourth-order valence-electron chi connectivity index (χ4n) is 2.17. The van der Waals surface area contributed by atoms with Crippen molar-refractivity contribution in [2.24, 2.45) is 0 Å². The molecule has 6 heteroatoms. The van der Waals surface area contributed by atoms with Crippen molar-refractivity contribution >= 4 is 16.9 Å². The molecule has 0 N–H and O–H groups in total. The maximum atomic E-state index is 11.6. The van der Waals surface area contributed by atoms with E-state index in [4.69, 9.17) is 0 Å². The lowest BCUT2D eigenvalue weighted by Crippen LogP contribution is -2.23. The number of carbonyl (C=O) groups is 1. The molecule has 2 heterocycles. The number of rotatable bonds is 4. The van der Waals surface area contributed by atoms with Crippen molar-refractivity contribution in [2.75, 3.05) is 14.1 Å². The molecule has 0 atom stereocenters. The first-order valence-corrected chi connectivity index (χ1v) is 6.52. The third kappa shape index (κ3) is 2.47. The van der Waals surface area contributed by atoms with E-state index in [0.29, 0.717) is 19.0 Å². The van der Waals surface area contributed by atoms with Crippen LogP contribution in [0.15, 0.2) is 6.20 Å². The Labute approximate surface area is 113 Å². The lowest BCUT2D eigenvalue weighted by molar-refractivity contribution is -0.128. The zero-order valence-corrected chi connectivity index (χ0v) is 12.2. The van der Waals surface area contributed by atoms with E-state index in [9.17, 15) is 4.79 Å². The van der Waals surface area contributed by atoms with E-state index in [0.717, 1.165) is 16.7 Å². The van der Waals surface area contributed by atoms with Gasteiger partial charge in [0.25, 0.3) is 0 Å². The quantitative estimate of drug-likeness (QED) is 0.842. The first kappa shape index (κ1) is 13.6. The van der Waals surface area contributed by atoms with Crippen molar-refractivity contribution < 1.29 is 4.79 Å². The Morgan fingerprint density at radius 3 is 2.68 bits per heavy atom. The minimum atomic E-state index is 0.109. The van der Waals surface area contributed by atoms with Gasteiger partial charge in [-0.1, -0.05) is 0 Å². The molecule has 0 fully saturated rings. The summed E-state index contributed by atoms with van der Waals surface area (Å²) in [5.41, 5.74) is 3.02. The second-order valence-corrected chi connectivity index (χ2v) is 5.26. The highest BCUT2D eigenvalue weighted by molar-refractivity contribution is 5.78. The van der Waals surface area contributed by atoms with E-state index < -0.39 is 0 Å². The van der Waals surface area contributed by atoms with E-state index in [-0.39, 0.29) is 5.91 Å². The zero-order chi connectivity index (χ0) is 14.2. The predicted molar refractivity (Wildman–Crippen MR) is 74.0 cm³/mol. The first-order chi connectivity index (χ1) is 8.91. The molecule has 0 aliphatic carbocycles. The van der Waals surface area contributed by atoms with Crippen molar-refractivity contribution in [3.8, 4) is 0 Å². The number of hydrogen-bond donors (Lipinski definition) is 0. The average molecular weight is 263 g/mol. The predicted octanol–water partition coefficient (Wildman–Crippen LogP) is 1.60. The van der Waals surface area contributed by atoms with Crippen molar-refractivity contribution in [3.63, 3.8) is 0 Å². The second kappa shape index (κ2) is 5.03. The van der Waals surface area contributed by atoms with Crippen LogP contribution in [0.2, 0.25) is 0 Å².